The summed E-state index contributed by atoms with van der Waals surface area (Å²) in [6.07, 6.45) is 2.46. The molecule has 1 aliphatic carbocycles. The van der Waals surface area contributed by atoms with Gasteiger partial charge in [-0.15, -0.1) is 0 Å². The normalized spacial score (nSPS) is 39.1. The molecular weight excluding hydrogens is 188 g/mol. The molecule has 0 radical (unpaired) electrons. The van der Waals surface area contributed by atoms with Crippen LogP contribution in [0.15, 0.2) is 0 Å². The fraction of sp³-hybridized carbons (Fsp3) is 1.00. The first-order valence-corrected chi connectivity index (χ1v) is 6.71. The van der Waals surface area contributed by atoms with Gasteiger partial charge in [-0.05, 0) is 12.3 Å². The molecule has 4 nitrogen and oxygen atoms in total. The van der Waals surface area contributed by atoms with E-state index in [1.165, 1.54) is 12.7 Å². The summed E-state index contributed by atoms with van der Waals surface area (Å²) in [5, 5.41) is 0. The highest BCUT2D eigenvalue weighted by molar-refractivity contribution is 7.90. The van der Waals surface area contributed by atoms with Crippen molar-refractivity contribution in [1.29, 1.82) is 0 Å². The van der Waals surface area contributed by atoms with Crippen molar-refractivity contribution in [3.8, 4) is 0 Å². The number of sulfone groups is 1. The highest BCUT2D eigenvalue weighted by Gasteiger charge is 2.49. The Labute approximate surface area is 79.0 Å². The average molecular weight is 204 g/mol. The summed E-state index contributed by atoms with van der Waals surface area (Å²) in [6.45, 7) is 1.66. The summed E-state index contributed by atoms with van der Waals surface area (Å²) >= 11 is 0. The molecule has 2 saturated heterocycles. The summed E-state index contributed by atoms with van der Waals surface area (Å²) in [5.74, 6) is 0.896. The zero-order valence-electron chi connectivity index (χ0n) is 7.81. The van der Waals surface area contributed by atoms with E-state index in [9.17, 15) is 8.42 Å². The van der Waals surface area contributed by atoms with Crippen molar-refractivity contribution in [2.75, 3.05) is 25.1 Å². The monoisotopic (exact) mass is 204 g/mol. The maximum Gasteiger partial charge on any atom is 0.148 e. The lowest BCUT2D eigenvalue weighted by atomic mass is 9.81. The third-order valence-electron chi connectivity index (χ3n) is 3.22. The Bertz CT molecular complexity index is 301. The van der Waals surface area contributed by atoms with Gasteiger partial charge in [0, 0.05) is 31.4 Å². The lowest BCUT2D eigenvalue weighted by Gasteiger charge is -2.33. The first-order valence-electron chi connectivity index (χ1n) is 4.65. The molecule has 1 saturated carbocycles. The van der Waals surface area contributed by atoms with Crippen LogP contribution in [-0.4, -0.2) is 50.5 Å². The molecule has 3 unspecified atom stereocenters. The standard InChI is InChI=1S/C8H16N2O2S/c1-13(11,12)3-2-10-5-6-4-7(10)8(6)9/h6-8H,2-5,9H2,1H3. The van der Waals surface area contributed by atoms with E-state index < -0.39 is 9.84 Å². The molecule has 0 spiro atoms. The molecule has 0 amide bonds. The molecule has 2 N–H and O–H groups in total. The highest BCUT2D eigenvalue weighted by atomic mass is 32.2. The van der Waals surface area contributed by atoms with Crippen LogP contribution in [0.5, 0.6) is 0 Å². The quantitative estimate of drug-likeness (QED) is 0.644. The maximum atomic E-state index is 10.9. The topological polar surface area (TPSA) is 63.4 Å². The number of hydrogen-bond acceptors (Lipinski definition) is 4. The Morgan fingerprint density at radius 1 is 1.54 bits per heavy atom. The van der Waals surface area contributed by atoms with Gasteiger partial charge in [0.25, 0.3) is 0 Å². The number of fused-ring (bicyclic) bond motifs is 1. The summed E-state index contributed by atoms with van der Waals surface area (Å²) in [4.78, 5) is 2.22. The van der Waals surface area contributed by atoms with Gasteiger partial charge in [-0.2, -0.15) is 0 Å². The molecule has 0 aromatic heterocycles. The summed E-state index contributed by atoms with van der Waals surface area (Å²) in [7, 11) is -2.82. The van der Waals surface area contributed by atoms with E-state index in [0.717, 1.165) is 6.54 Å². The van der Waals surface area contributed by atoms with Crippen LogP contribution in [-0.2, 0) is 9.84 Å². The van der Waals surface area contributed by atoms with Crippen LogP contribution in [0.2, 0.25) is 0 Å². The van der Waals surface area contributed by atoms with Crippen LogP contribution in [0.1, 0.15) is 6.42 Å². The van der Waals surface area contributed by atoms with E-state index in [0.29, 0.717) is 24.5 Å². The zero-order chi connectivity index (χ0) is 9.64. The predicted molar refractivity (Wildman–Crippen MR) is 51.2 cm³/mol. The minimum atomic E-state index is -2.82. The Kier molecular flexibility index (Phi) is 2.13. The number of nitrogens with two attached hydrogens (primary N) is 1. The van der Waals surface area contributed by atoms with Gasteiger partial charge < -0.3 is 5.73 Å². The van der Waals surface area contributed by atoms with Gasteiger partial charge >= 0.3 is 0 Å². The second kappa shape index (κ2) is 2.93. The summed E-state index contributed by atoms with van der Waals surface area (Å²) in [5.41, 5.74) is 5.87. The van der Waals surface area contributed by atoms with Crippen LogP contribution < -0.4 is 5.73 Å². The molecule has 2 bridgehead atoms. The van der Waals surface area contributed by atoms with Gasteiger partial charge in [-0.1, -0.05) is 0 Å². The lowest BCUT2D eigenvalue weighted by Crippen LogP contribution is -2.50. The molecule has 76 valence electrons. The SMILES string of the molecule is CS(=O)(=O)CCN1CC2CC1C2N. The van der Waals surface area contributed by atoms with Gasteiger partial charge in [0.2, 0.25) is 0 Å². The molecule has 3 fully saturated rings. The minimum absolute atomic E-state index is 0.267. The van der Waals surface area contributed by atoms with Crippen molar-refractivity contribution in [1.82, 2.24) is 4.90 Å². The van der Waals surface area contributed by atoms with Gasteiger partial charge in [0.05, 0.1) is 5.75 Å². The number of hydrogen-bond donors (Lipinski definition) is 1. The fourth-order valence-corrected chi connectivity index (χ4v) is 2.87. The molecule has 0 aromatic carbocycles. The van der Waals surface area contributed by atoms with Crippen molar-refractivity contribution >= 4 is 9.84 Å². The lowest BCUT2D eigenvalue weighted by molar-refractivity contribution is 0.221. The Morgan fingerprint density at radius 3 is 2.62 bits per heavy atom. The Morgan fingerprint density at radius 2 is 2.23 bits per heavy atom. The maximum absolute atomic E-state index is 10.9. The molecule has 5 heteroatoms. The van der Waals surface area contributed by atoms with E-state index in [1.54, 1.807) is 0 Å². The van der Waals surface area contributed by atoms with Crippen molar-refractivity contribution in [3.05, 3.63) is 0 Å². The van der Waals surface area contributed by atoms with E-state index in [4.69, 9.17) is 5.73 Å². The van der Waals surface area contributed by atoms with Gasteiger partial charge in [0.15, 0.2) is 0 Å². The van der Waals surface area contributed by atoms with Crippen molar-refractivity contribution in [2.45, 2.75) is 18.5 Å². The van der Waals surface area contributed by atoms with Crippen molar-refractivity contribution in [3.63, 3.8) is 0 Å². The summed E-state index contributed by atoms with van der Waals surface area (Å²) in [6, 6.07) is 0.770. The van der Waals surface area contributed by atoms with E-state index in [1.807, 2.05) is 0 Å². The fourth-order valence-electron chi connectivity index (χ4n) is 2.31. The van der Waals surface area contributed by atoms with E-state index >= 15 is 0 Å². The Hall–Kier alpha value is -0.130. The van der Waals surface area contributed by atoms with Crippen LogP contribution in [0.4, 0.5) is 0 Å². The predicted octanol–water partition coefficient (Wildman–Crippen LogP) is -0.938. The first kappa shape index (κ1) is 9.43. The summed E-state index contributed by atoms with van der Waals surface area (Å²) < 4.78 is 21.9. The smallest absolute Gasteiger partial charge is 0.148 e. The van der Waals surface area contributed by atoms with Crippen LogP contribution >= 0.6 is 0 Å². The van der Waals surface area contributed by atoms with Crippen molar-refractivity contribution in [2.24, 2.45) is 11.7 Å². The van der Waals surface area contributed by atoms with Crippen LogP contribution in [0.25, 0.3) is 0 Å². The number of nitrogens with zero attached hydrogens (tertiary/aromatic N) is 1. The zero-order valence-corrected chi connectivity index (χ0v) is 8.63. The van der Waals surface area contributed by atoms with Gasteiger partial charge in [-0.25, -0.2) is 8.42 Å². The molecule has 2 aliphatic heterocycles. The second-order valence-electron chi connectivity index (χ2n) is 4.27. The highest BCUT2D eigenvalue weighted by Crippen LogP contribution is 2.39. The first-order chi connectivity index (χ1) is 5.97. The van der Waals surface area contributed by atoms with Gasteiger partial charge in [-0.3, -0.25) is 4.90 Å². The molecule has 2 heterocycles. The second-order valence-corrected chi connectivity index (χ2v) is 6.53. The molecule has 3 aliphatic rings. The van der Waals surface area contributed by atoms with E-state index in [2.05, 4.69) is 4.90 Å². The molecule has 0 aromatic rings. The average Bonchev–Trinajstić information content (AvgIpc) is 2.54. The molecule has 3 atom stereocenters. The Balaban J connectivity index is 1.85. The molecule has 3 rings (SSSR count). The van der Waals surface area contributed by atoms with Crippen LogP contribution in [0, 0.1) is 5.92 Å². The third kappa shape index (κ3) is 1.73. The van der Waals surface area contributed by atoms with E-state index in [-0.39, 0.29) is 5.75 Å². The van der Waals surface area contributed by atoms with Gasteiger partial charge in [0.1, 0.15) is 9.84 Å². The largest absolute Gasteiger partial charge is 0.326 e. The van der Waals surface area contributed by atoms with Crippen molar-refractivity contribution < 1.29 is 8.42 Å². The minimum Gasteiger partial charge on any atom is -0.326 e. The number of rotatable bonds is 3. The molecule has 13 heavy (non-hydrogen) atoms. The van der Waals surface area contributed by atoms with Crippen LogP contribution in [0.3, 0.4) is 0 Å². The molecular formula is C8H16N2O2S. The third-order valence-corrected chi connectivity index (χ3v) is 4.14.